The van der Waals surface area contributed by atoms with E-state index in [2.05, 4.69) is 4.98 Å². The van der Waals surface area contributed by atoms with Crippen LogP contribution in [0.25, 0.3) is 0 Å². The molecule has 1 aromatic heterocycles. The lowest BCUT2D eigenvalue weighted by molar-refractivity contribution is 0.0752. The highest BCUT2D eigenvalue weighted by Crippen LogP contribution is 2.29. The number of carbonyl (C=O) groups excluding carboxylic acids is 1. The van der Waals surface area contributed by atoms with Crippen LogP contribution in [0.2, 0.25) is 5.02 Å². The van der Waals surface area contributed by atoms with E-state index in [1.165, 1.54) is 0 Å². The Kier molecular flexibility index (Phi) is 3.15. The molecule has 1 aliphatic rings. The fourth-order valence-corrected chi connectivity index (χ4v) is 2.08. The lowest BCUT2D eigenvalue weighted by Gasteiger charge is -2.20. The molecule has 1 heterocycles. The van der Waals surface area contributed by atoms with Gasteiger partial charge in [-0.1, -0.05) is 11.6 Å². The van der Waals surface area contributed by atoms with E-state index in [0.717, 1.165) is 25.1 Å². The van der Waals surface area contributed by atoms with Gasteiger partial charge in [-0.25, -0.2) is 0 Å². The van der Waals surface area contributed by atoms with Crippen LogP contribution in [0.3, 0.4) is 0 Å². The van der Waals surface area contributed by atoms with Gasteiger partial charge in [0.2, 0.25) is 0 Å². The summed E-state index contributed by atoms with van der Waals surface area (Å²) in [4.78, 5) is 18.2. The number of rotatable bonds is 3. The first-order valence-electron chi connectivity index (χ1n) is 5.56. The van der Waals surface area contributed by atoms with Crippen molar-refractivity contribution in [3.8, 4) is 0 Å². The molecule has 1 amide bonds. The van der Waals surface area contributed by atoms with Gasteiger partial charge in [-0.05, 0) is 32.8 Å². The van der Waals surface area contributed by atoms with Gasteiger partial charge in [-0.3, -0.25) is 9.78 Å². The summed E-state index contributed by atoms with van der Waals surface area (Å²) in [6, 6.07) is 2.14. The average molecular weight is 239 g/mol. The molecule has 0 radical (unpaired) electrons. The summed E-state index contributed by atoms with van der Waals surface area (Å²) in [6.45, 7) is 4.58. The Hall–Kier alpha value is -1.09. The summed E-state index contributed by atoms with van der Waals surface area (Å²) in [5.41, 5.74) is 1.34. The van der Waals surface area contributed by atoms with Crippen LogP contribution in [0, 0.1) is 6.92 Å². The quantitative estimate of drug-likeness (QED) is 0.811. The SMILES string of the molecule is CCN(C(=O)c1cnc(C)cc1Cl)C1CC1. The summed E-state index contributed by atoms with van der Waals surface area (Å²) in [6.07, 6.45) is 3.79. The van der Waals surface area contributed by atoms with Crippen LogP contribution in [0.5, 0.6) is 0 Å². The highest BCUT2D eigenvalue weighted by Gasteiger charge is 2.32. The largest absolute Gasteiger partial charge is 0.336 e. The van der Waals surface area contributed by atoms with Crippen LogP contribution in [0.4, 0.5) is 0 Å². The zero-order valence-electron chi connectivity index (χ0n) is 9.53. The van der Waals surface area contributed by atoms with Crippen molar-refractivity contribution in [1.29, 1.82) is 0 Å². The van der Waals surface area contributed by atoms with Crippen LogP contribution in [-0.4, -0.2) is 28.4 Å². The summed E-state index contributed by atoms with van der Waals surface area (Å²) >= 11 is 6.06. The third-order valence-electron chi connectivity index (χ3n) is 2.81. The molecule has 2 rings (SSSR count). The number of amides is 1. The zero-order chi connectivity index (χ0) is 11.7. The number of pyridine rings is 1. The predicted octanol–water partition coefficient (Wildman–Crippen LogP) is 2.67. The molecule has 0 spiro atoms. The van der Waals surface area contributed by atoms with Crippen molar-refractivity contribution < 1.29 is 4.79 Å². The van der Waals surface area contributed by atoms with E-state index in [-0.39, 0.29) is 5.91 Å². The zero-order valence-corrected chi connectivity index (χ0v) is 10.3. The van der Waals surface area contributed by atoms with E-state index in [4.69, 9.17) is 11.6 Å². The molecule has 1 fully saturated rings. The van der Waals surface area contributed by atoms with Crippen LogP contribution in [0.15, 0.2) is 12.3 Å². The fourth-order valence-electron chi connectivity index (χ4n) is 1.79. The number of aromatic nitrogens is 1. The molecule has 16 heavy (non-hydrogen) atoms. The molecule has 0 aromatic carbocycles. The van der Waals surface area contributed by atoms with E-state index in [1.54, 1.807) is 12.3 Å². The van der Waals surface area contributed by atoms with E-state index >= 15 is 0 Å². The van der Waals surface area contributed by atoms with Gasteiger partial charge < -0.3 is 4.90 Å². The molecule has 86 valence electrons. The first-order valence-corrected chi connectivity index (χ1v) is 5.94. The molecule has 0 atom stereocenters. The molecule has 0 unspecified atom stereocenters. The minimum Gasteiger partial charge on any atom is -0.336 e. The second-order valence-electron chi connectivity index (χ2n) is 4.13. The van der Waals surface area contributed by atoms with Gasteiger partial charge in [0.15, 0.2) is 0 Å². The molecule has 1 aromatic rings. The first-order chi connectivity index (χ1) is 7.63. The van der Waals surface area contributed by atoms with Crippen molar-refractivity contribution >= 4 is 17.5 Å². The number of aryl methyl sites for hydroxylation is 1. The lowest BCUT2D eigenvalue weighted by atomic mass is 10.2. The molecule has 0 N–H and O–H groups in total. The van der Waals surface area contributed by atoms with Crippen molar-refractivity contribution in [1.82, 2.24) is 9.88 Å². The summed E-state index contributed by atoms with van der Waals surface area (Å²) < 4.78 is 0. The van der Waals surface area contributed by atoms with E-state index in [0.29, 0.717) is 16.6 Å². The highest BCUT2D eigenvalue weighted by molar-refractivity contribution is 6.33. The molecule has 1 saturated carbocycles. The van der Waals surface area contributed by atoms with Crippen molar-refractivity contribution in [3.63, 3.8) is 0 Å². The standard InChI is InChI=1S/C12H15ClN2O/c1-3-15(9-4-5-9)12(16)10-7-14-8(2)6-11(10)13/h6-7,9H,3-5H2,1-2H3. The Morgan fingerprint density at radius 1 is 1.62 bits per heavy atom. The van der Waals surface area contributed by atoms with Gasteiger partial charge in [0.1, 0.15) is 0 Å². The van der Waals surface area contributed by atoms with Gasteiger partial charge >= 0.3 is 0 Å². The van der Waals surface area contributed by atoms with Gasteiger partial charge in [0.05, 0.1) is 10.6 Å². The van der Waals surface area contributed by atoms with Crippen LogP contribution in [-0.2, 0) is 0 Å². The lowest BCUT2D eigenvalue weighted by Crippen LogP contribution is -2.33. The van der Waals surface area contributed by atoms with Gasteiger partial charge in [-0.2, -0.15) is 0 Å². The number of hydrogen-bond acceptors (Lipinski definition) is 2. The van der Waals surface area contributed by atoms with E-state index in [9.17, 15) is 4.79 Å². The third kappa shape index (κ3) is 2.19. The number of halogens is 1. The van der Waals surface area contributed by atoms with E-state index < -0.39 is 0 Å². The topological polar surface area (TPSA) is 33.2 Å². The summed E-state index contributed by atoms with van der Waals surface area (Å²) in [5, 5.41) is 0.497. The molecular weight excluding hydrogens is 224 g/mol. The second-order valence-corrected chi connectivity index (χ2v) is 4.54. The maximum Gasteiger partial charge on any atom is 0.257 e. The first kappa shape index (κ1) is 11.4. The Labute approximate surface area is 100 Å². The minimum absolute atomic E-state index is 0.00231. The molecule has 0 aliphatic heterocycles. The Morgan fingerprint density at radius 2 is 2.31 bits per heavy atom. The molecule has 0 saturated heterocycles. The second kappa shape index (κ2) is 4.42. The van der Waals surface area contributed by atoms with Gasteiger partial charge in [0.25, 0.3) is 5.91 Å². The molecule has 0 bridgehead atoms. The van der Waals surface area contributed by atoms with E-state index in [1.807, 2.05) is 18.7 Å². The van der Waals surface area contributed by atoms with Crippen LogP contribution in [0.1, 0.15) is 35.8 Å². The maximum absolute atomic E-state index is 12.2. The third-order valence-corrected chi connectivity index (χ3v) is 3.12. The molecule has 1 aliphatic carbocycles. The smallest absolute Gasteiger partial charge is 0.257 e. The Morgan fingerprint density at radius 3 is 2.81 bits per heavy atom. The molecule has 3 nitrogen and oxygen atoms in total. The Bertz CT molecular complexity index is 415. The van der Waals surface area contributed by atoms with Crippen molar-refractivity contribution in [3.05, 3.63) is 28.5 Å². The van der Waals surface area contributed by atoms with Gasteiger partial charge in [-0.15, -0.1) is 0 Å². The van der Waals surface area contributed by atoms with Crippen LogP contribution >= 0.6 is 11.6 Å². The molecular formula is C12H15ClN2O. The monoisotopic (exact) mass is 238 g/mol. The van der Waals surface area contributed by atoms with Crippen molar-refractivity contribution in [2.75, 3.05) is 6.54 Å². The fraction of sp³-hybridized carbons (Fsp3) is 0.500. The van der Waals surface area contributed by atoms with Crippen LogP contribution < -0.4 is 0 Å². The molecule has 4 heteroatoms. The number of nitrogens with zero attached hydrogens (tertiary/aromatic N) is 2. The maximum atomic E-state index is 12.2. The van der Waals surface area contributed by atoms with Gasteiger partial charge in [0, 0.05) is 24.5 Å². The Balaban J connectivity index is 2.25. The summed E-state index contributed by atoms with van der Waals surface area (Å²) in [5.74, 6) is 0.00231. The van der Waals surface area contributed by atoms with Crippen molar-refractivity contribution in [2.24, 2.45) is 0 Å². The summed E-state index contributed by atoms with van der Waals surface area (Å²) in [7, 11) is 0. The minimum atomic E-state index is 0.00231. The highest BCUT2D eigenvalue weighted by atomic mass is 35.5. The average Bonchev–Trinajstić information content (AvgIpc) is 3.02. The number of carbonyl (C=O) groups is 1. The predicted molar refractivity (Wildman–Crippen MR) is 63.7 cm³/mol. The number of hydrogen-bond donors (Lipinski definition) is 0. The van der Waals surface area contributed by atoms with Crippen molar-refractivity contribution in [2.45, 2.75) is 32.7 Å². The normalized spacial score (nSPS) is 14.9.